The van der Waals surface area contributed by atoms with Crippen LogP contribution < -0.4 is 5.32 Å². The average molecular weight is 284 g/mol. The molecule has 0 saturated carbocycles. The first kappa shape index (κ1) is 16.0. The normalized spacial score (nSPS) is 12.7. The highest BCUT2D eigenvalue weighted by Crippen LogP contribution is 2.27. The molecule has 21 heavy (non-hydrogen) atoms. The summed E-state index contributed by atoms with van der Waals surface area (Å²) in [6.07, 6.45) is 11.8. The van der Waals surface area contributed by atoms with E-state index in [1.54, 1.807) is 0 Å². The smallest absolute Gasteiger partial charge is 0.0346 e. The van der Waals surface area contributed by atoms with Crippen molar-refractivity contribution < 1.29 is 0 Å². The van der Waals surface area contributed by atoms with E-state index in [0.717, 1.165) is 6.54 Å². The molecule has 1 aromatic carbocycles. The van der Waals surface area contributed by atoms with Gasteiger partial charge in [0.1, 0.15) is 0 Å². The molecule has 2 heteroatoms. The fraction of sp³-hybridized carbons (Fsp3) is 0.526. The van der Waals surface area contributed by atoms with Crippen molar-refractivity contribution in [3.8, 4) is 0 Å². The number of nitrogens with one attached hydrogen (secondary N) is 1. The van der Waals surface area contributed by atoms with Gasteiger partial charge in [0.2, 0.25) is 0 Å². The van der Waals surface area contributed by atoms with Gasteiger partial charge in [-0.15, -0.1) is 0 Å². The molecule has 0 amide bonds. The van der Waals surface area contributed by atoms with Gasteiger partial charge in [0, 0.05) is 23.8 Å². The van der Waals surface area contributed by atoms with Crippen LogP contribution in [0, 0.1) is 0 Å². The molecule has 1 heterocycles. The van der Waals surface area contributed by atoms with E-state index >= 15 is 0 Å². The van der Waals surface area contributed by atoms with E-state index in [4.69, 9.17) is 0 Å². The first-order valence-corrected chi connectivity index (χ1v) is 8.42. The van der Waals surface area contributed by atoms with Crippen molar-refractivity contribution in [1.82, 2.24) is 10.3 Å². The standard InChI is InChI=1S/C19H28N2/c1-3-5-6-7-8-12-19(21-4-2)18-11-9-10-16-15-20-14-13-17(16)18/h9-11,13-15,19,21H,3-8,12H2,1-2H3. The van der Waals surface area contributed by atoms with Crippen LogP contribution >= 0.6 is 0 Å². The predicted molar refractivity (Wildman–Crippen MR) is 91.5 cm³/mol. The van der Waals surface area contributed by atoms with Gasteiger partial charge >= 0.3 is 0 Å². The summed E-state index contributed by atoms with van der Waals surface area (Å²) in [6.45, 7) is 5.48. The van der Waals surface area contributed by atoms with Gasteiger partial charge in [-0.2, -0.15) is 0 Å². The molecule has 0 saturated heterocycles. The summed E-state index contributed by atoms with van der Waals surface area (Å²) in [5.74, 6) is 0. The lowest BCUT2D eigenvalue weighted by molar-refractivity contribution is 0.481. The summed E-state index contributed by atoms with van der Waals surface area (Å²) in [7, 11) is 0. The van der Waals surface area contributed by atoms with Crippen LogP contribution in [0.15, 0.2) is 36.7 Å². The predicted octanol–water partition coefficient (Wildman–Crippen LogP) is 5.25. The van der Waals surface area contributed by atoms with Gasteiger partial charge in [-0.1, -0.05) is 64.2 Å². The van der Waals surface area contributed by atoms with Crippen LogP contribution in [0.1, 0.15) is 64.0 Å². The van der Waals surface area contributed by atoms with Crippen LogP contribution in [-0.4, -0.2) is 11.5 Å². The Morgan fingerprint density at radius 3 is 2.71 bits per heavy atom. The molecule has 0 fully saturated rings. The van der Waals surface area contributed by atoms with Crippen molar-refractivity contribution >= 4 is 10.8 Å². The zero-order valence-corrected chi connectivity index (χ0v) is 13.4. The zero-order chi connectivity index (χ0) is 14.9. The second kappa shape index (κ2) is 8.78. The molecule has 2 rings (SSSR count). The molecule has 0 spiro atoms. The van der Waals surface area contributed by atoms with Crippen LogP contribution in [-0.2, 0) is 0 Å². The van der Waals surface area contributed by atoms with Crippen molar-refractivity contribution in [1.29, 1.82) is 0 Å². The lowest BCUT2D eigenvalue weighted by atomic mass is 9.95. The molecule has 1 unspecified atom stereocenters. The molecule has 0 bridgehead atoms. The molecule has 0 radical (unpaired) electrons. The molecular weight excluding hydrogens is 256 g/mol. The van der Waals surface area contributed by atoms with Crippen molar-refractivity contribution in [3.05, 3.63) is 42.2 Å². The van der Waals surface area contributed by atoms with Gasteiger partial charge in [0.25, 0.3) is 0 Å². The maximum atomic E-state index is 4.23. The van der Waals surface area contributed by atoms with E-state index in [2.05, 4.69) is 48.4 Å². The first-order valence-electron chi connectivity index (χ1n) is 8.42. The van der Waals surface area contributed by atoms with Crippen LogP contribution in [0.5, 0.6) is 0 Å². The summed E-state index contributed by atoms with van der Waals surface area (Å²) in [4.78, 5) is 4.23. The Bertz CT molecular complexity index is 531. The van der Waals surface area contributed by atoms with E-state index < -0.39 is 0 Å². The van der Waals surface area contributed by atoms with Gasteiger partial charge < -0.3 is 5.32 Å². The molecule has 2 aromatic rings. The number of benzene rings is 1. The molecule has 1 aromatic heterocycles. The minimum absolute atomic E-state index is 0.461. The number of hydrogen-bond acceptors (Lipinski definition) is 2. The van der Waals surface area contributed by atoms with Crippen LogP contribution in [0.4, 0.5) is 0 Å². The van der Waals surface area contributed by atoms with Crippen LogP contribution in [0.2, 0.25) is 0 Å². The summed E-state index contributed by atoms with van der Waals surface area (Å²) in [6, 6.07) is 9.17. The highest BCUT2D eigenvalue weighted by atomic mass is 14.9. The zero-order valence-electron chi connectivity index (χ0n) is 13.4. The number of unbranched alkanes of at least 4 members (excludes halogenated alkanes) is 4. The Labute approximate surface area is 129 Å². The van der Waals surface area contributed by atoms with E-state index in [-0.39, 0.29) is 0 Å². The summed E-state index contributed by atoms with van der Waals surface area (Å²) in [5, 5.41) is 6.24. The highest BCUT2D eigenvalue weighted by Gasteiger charge is 2.12. The molecular formula is C19H28N2. The molecule has 0 aliphatic carbocycles. The third kappa shape index (κ3) is 4.53. The minimum atomic E-state index is 0.461. The van der Waals surface area contributed by atoms with E-state index in [1.165, 1.54) is 54.9 Å². The Morgan fingerprint density at radius 1 is 1.05 bits per heavy atom. The van der Waals surface area contributed by atoms with E-state index in [1.807, 2.05) is 12.4 Å². The topological polar surface area (TPSA) is 24.9 Å². The average Bonchev–Trinajstić information content (AvgIpc) is 2.53. The largest absolute Gasteiger partial charge is 0.310 e. The maximum Gasteiger partial charge on any atom is 0.0346 e. The Hall–Kier alpha value is -1.41. The number of fused-ring (bicyclic) bond motifs is 1. The number of pyridine rings is 1. The van der Waals surface area contributed by atoms with Gasteiger partial charge in [-0.3, -0.25) is 4.98 Å². The van der Waals surface area contributed by atoms with E-state index in [9.17, 15) is 0 Å². The van der Waals surface area contributed by atoms with Crippen molar-refractivity contribution in [2.24, 2.45) is 0 Å². The molecule has 0 aliphatic rings. The summed E-state index contributed by atoms with van der Waals surface area (Å²) < 4.78 is 0. The van der Waals surface area contributed by atoms with Crippen LogP contribution in [0.25, 0.3) is 10.8 Å². The maximum absolute atomic E-state index is 4.23. The summed E-state index contributed by atoms with van der Waals surface area (Å²) in [5.41, 5.74) is 1.42. The Balaban J connectivity index is 2.08. The number of hydrogen-bond donors (Lipinski definition) is 1. The van der Waals surface area contributed by atoms with Crippen molar-refractivity contribution in [3.63, 3.8) is 0 Å². The molecule has 114 valence electrons. The van der Waals surface area contributed by atoms with Gasteiger partial charge in [-0.05, 0) is 30.0 Å². The fourth-order valence-corrected chi connectivity index (χ4v) is 3.02. The first-order chi connectivity index (χ1) is 10.4. The van der Waals surface area contributed by atoms with Crippen molar-refractivity contribution in [2.75, 3.05) is 6.54 Å². The quantitative estimate of drug-likeness (QED) is 0.636. The second-order valence-corrected chi connectivity index (χ2v) is 5.76. The lowest BCUT2D eigenvalue weighted by Crippen LogP contribution is -2.21. The fourth-order valence-electron chi connectivity index (χ4n) is 3.02. The second-order valence-electron chi connectivity index (χ2n) is 5.76. The van der Waals surface area contributed by atoms with E-state index in [0.29, 0.717) is 6.04 Å². The minimum Gasteiger partial charge on any atom is -0.310 e. The third-order valence-corrected chi connectivity index (χ3v) is 4.14. The lowest BCUT2D eigenvalue weighted by Gasteiger charge is -2.20. The van der Waals surface area contributed by atoms with Crippen molar-refractivity contribution in [2.45, 2.75) is 58.4 Å². The van der Waals surface area contributed by atoms with Crippen LogP contribution in [0.3, 0.4) is 0 Å². The third-order valence-electron chi connectivity index (χ3n) is 4.14. The number of rotatable bonds is 9. The Kier molecular flexibility index (Phi) is 6.68. The SMILES string of the molecule is CCCCCCCC(NCC)c1cccc2cnccc12. The van der Waals surface area contributed by atoms with Gasteiger partial charge in [0.05, 0.1) is 0 Å². The van der Waals surface area contributed by atoms with Gasteiger partial charge in [0.15, 0.2) is 0 Å². The summed E-state index contributed by atoms with van der Waals surface area (Å²) >= 11 is 0. The number of aromatic nitrogens is 1. The molecule has 2 nitrogen and oxygen atoms in total. The highest BCUT2D eigenvalue weighted by molar-refractivity contribution is 5.85. The van der Waals surface area contributed by atoms with Gasteiger partial charge in [-0.25, -0.2) is 0 Å². The monoisotopic (exact) mass is 284 g/mol. The number of nitrogens with zero attached hydrogens (tertiary/aromatic N) is 1. The molecule has 1 N–H and O–H groups in total. The Morgan fingerprint density at radius 2 is 1.90 bits per heavy atom. The molecule has 0 aliphatic heterocycles. The molecule has 1 atom stereocenters.